The molecule has 0 saturated carbocycles. The van der Waals surface area contributed by atoms with Crippen molar-refractivity contribution in [2.45, 2.75) is 26.4 Å². The van der Waals surface area contributed by atoms with E-state index in [2.05, 4.69) is 27.5 Å². The predicted octanol–water partition coefficient (Wildman–Crippen LogP) is 2.25. The average molecular weight is 318 g/mol. The molecular weight excluding hydrogens is 294 g/mol. The van der Waals surface area contributed by atoms with Gasteiger partial charge in [0.25, 0.3) is 0 Å². The summed E-state index contributed by atoms with van der Waals surface area (Å²) in [7, 11) is 0. The largest absolute Gasteiger partial charge is 0.368 e. The van der Waals surface area contributed by atoms with E-state index in [4.69, 9.17) is 4.74 Å². The second kappa shape index (κ2) is 6.71. The third-order valence-corrected chi connectivity index (χ3v) is 5.18. The second-order valence-electron chi connectivity index (χ2n) is 6.16. The van der Waals surface area contributed by atoms with Crippen molar-refractivity contribution >= 4 is 23.7 Å². The van der Waals surface area contributed by atoms with Gasteiger partial charge in [-0.15, -0.1) is 23.7 Å². The molecule has 20 heavy (non-hydrogen) atoms. The maximum absolute atomic E-state index is 5.90. The molecule has 3 rings (SSSR count). The number of nitrogens with zero attached hydrogens (tertiary/aromatic N) is 2. The molecule has 4 nitrogen and oxygen atoms in total. The molecule has 2 saturated heterocycles. The van der Waals surface area contributed by atoms with Gasteiger partial charge in [-0.2, -0.15) is 0 Å². The van der Waals surface area contributed by atoms with E-state index in [1.54, 1.807) is 11.3 Å². The molecule has 1 N–H and O–H groups in total. The highest BCUT2D eigenvalue weighted by Gasteiger charge is 2.33. The Labute approximate surface area is 131 Å². The molecule has 0 aliphatic carbocycles. The monoisotopic (exact) mass is 317 g/mol. The first-order valence-electron chi connectivity index (χ1n) is 7.11. The van der Waals surface area contributed by atoms with Crippen LogP contribution in [0.4, 0.5) is 0 Å². The molecule has 2 aliphatic rings. The molecule has 3 heterocycles. The number of aromatic nitrogens is 1. The normalized spacial score (nSPS) is 31.2. The molecule has 0 spiro atoms. The van der Waals surface area contributed by atoms with Gasteiger partial charge in [-0.05, 0) is 25.3 Å². The van der Waals surface area contributed by atoms with Crippen molar-refractivity contribution in [3.8, 4) is 0 Å². The van der Waals surface area contributed by atoms with Crippen LogP contribution in [0.3, 0.4) is 0 Å². The van der Waals surface area contributed by atoms with Crippen LogP contribution < -0.4 is 5.32 Å². The Hall–Kier alpha value is -0.200. The first kappa shape index (κ1) is 16.2. The van der Waals surface area contributed by atoms with E-state index in [-0.39, 0.29) is 18.5 Å². The zero-order valence-corrected chi connectivity index (χ0v) is 13.9. The van der Waals surface area contributed by atoms with Gasteiger partial charge in [0.1, 0.15) is 11.1 Å². The highest BCUT2D eigenvalue weighted by Crippen LogP contribution is 2.30. The number of hydrogen-bond acceptors (Lipinski definition) is 5. The van der Waals surface area contributed by atoms with Crippen LogP contribution in [0.1, 0.15) is 30.2 Å². The van der Waals surface area contributed by atoms with E-state index < -0.39 is 0 Å². The van der Waals surface area contributed by atoms with Gasteiger partial charge in [0, 0.05) is 37.3 Å². The Kier molecular flexibility index (Phi) is 5.42. The molecule has 2 fully saturated rings. The van der Waals surface area contributed by atoms with Gasteiger partial charge in [-0.25, -0.2) is 4.98 Å². The number of nitrogens with one attached hydrogen (secondary N) is 1. The van der Waals surface area contributed by atoms with Gasteiger partial charge in [0.15, 0.2) is 0 Å². The van der Waals surface area contributed by atoms with Crippen LogP contribution in [-0.2, 0) is 4.74 Å². The van der Waals surface area contributed by atoms with Crippen molar-refractivity contribution < 1.29 is 4.74 Å². The average Bonchev–Trinajstić information content (AvgIpc) is 2.99. The lowest BCUT2D eigenvalue weighted by atomic mass is 9.89. The third kappa shape index (κ3) is 3.71. The number of halogens is 1. The summed E-state index contributed by atoms with van der Waals surface area (Å²) in [6, 6.07) is 0. The number of aryl methyl sites for hydroxylation is 1. The van der Waals surface area contributed by atoms with Crippen LogP contribution in [0.25, 0.3) is 0 Å². The summed E-state index contributed by atoms with van der Waals surface area (Å²) in [5.41, 5.74) is 1.54. The maximum atomic E-state index is 5.90. The zero-order valence-electron chi connectivity index (χ0n) is 12.2. The summed E-state index contributed by atoms with van der Waals surface area (Å²) in [6.07, 6.45) is 1.45. The minimum absolute atomic E-state index is 0. The minimum Gasteiger partial charge on any atom is -0.368 e. The van der Waals surface area contributed by atoms with Crippen LogP contribution in [0, 0.1) is 12.3 Å². The van der Waals surface area contributed by atoms with E-state index in [9.17, 15) is 0 Å². The molecule has 1 aromatic rings. The van der Waals surface area contributed by atoms with Gasteiger partial charge < -0.3 is 10.1 Å². The summed E-state index contributed by atoms with van der Waals surface area (Å²) < 4.78 is 5.90. The third-order valence-electron chi connectivity index (χ3n) is 4.13. The van der Waals surface area contributed by atoms with E-state index in [0.29, 0.717) is 5.41 Å². The van der Waals surface area contributed by atoms with Gasteiger partial charge >= 0.3 is 0 Å². The van der Waals surface area contributed by atoms with E-state index >= 15 is 0 Å². The fourth-order valence-electron chi connectivity index (χ4n) is 3.06. The lowest BCUT2D eigenvalue weighted by Gasteiger charge is -2.37. The molecular formula is C14H24ClN3OS. The number of morpholine rings is 1. The van der Waals surface area contributed by atoms with Crippen LogP contribution >= 0.6 is 23.7 Å². The molecule has 2 unspecified atom stereocenters. The minimum atomic E-state index is 0. The quantitative estimate of drug-likeness (QED) is 0.928. The summed E-state index contributed by atoms with van der Waals surface area (Å²) in [4.78, 5) is 7.13. The summed E-state index contributed by atoms with van der Waals surface area (Å²) in [6.45, 7) is 10.8. The van der Waals surface area contributed by atoms with E-state index in [1.807, 2.05) is 6.92 Å². The van der Waals surface area contributed by atoms with Gasteiger partial charge in [0.05, 0.1) is 6.61 Å². The van der Waals surface area contributed by atoms with Crippen LogP contribution in [0.5, 0.6) is 0 Å². The number of hydrogen-bond donors (Lipinski definition) is 1. The van der Waals surface area contributed by atoms with Crippen LogP contribution in [0.2, 0.25) is 0 Å². The van der Waals surface area contributed by atoms with Gasteiger partial charge in [-0.3, -0.25) is 4.90 Å². The smallest absolute Gasteiger partial charge is 0.123 e. The highest BCUT2D eigenvalue weighted by molar-refractivity contribution is 7.09. The van der Waals surface area contributed by atoms with Crippen LogP contribution in [0.15, 0.2) is 5.38 Å². The Morgan fingerprint density at radius 2 is 2.45 bits per heavy atom. The topological polar surface area (TPSA) is 37.4 Å². The first-order chi connectivity index (χ1) is 9.15. The summed E-state index contributed by atoms with van der Waals surface area (Å²) in [5, 5.41) is 6.73. The van der Waals surface area contributed by atoms with Gasteiger partial charge in [-0.1, -0.05) is 6.92 Å². The molecule has 6 heteroatoms. The zero-order chi connectivity index (χ0) is 13.3. The van der Waals surface area contributed by atoms with E-state index in [1.165, 1.54) is 13.0 Å². The predicted molar refractivity (Wildman–Crippen MR) is 84.8 cm³/mol. The van der Waals surface area contributed by atoms with Crippen molar-refractivity contribution in [1.82, 2.24) is 15.2 Å². The fraction of sp³-hybridized carbons (Fsp3) is 0.786. The number of rotatable bonds is 3. The first-order valence-corrected chi connectivity index (χ1v) is 7.99. The van der Waals surface area contributed by atoms with Crippen molar-refractivity contribution in [2.75, 3.05) is 39.3 Å². The van der Waals surface area contributed by atoms with Crippen LogP contribution in [-0.4, -0.2) is 49.2 Å². The SMILES string of the molecule is Cc1csc(C2CN(CC3(C)CCNC3)CCO2)n1.Cl. The Morgan fingerprint density at radius 1 is 1.60 bits per heavy atom. The number of ether oxygens (including phenoxy) is 1. The van der Waals surface area contributed by atoms with Crippen molar-refractivity contribution in [2.24, 2.45) is 5.41 Å². The standard InChI is InChI=1S/C14H23N3OS.ClH/c1-11-8-19-13(16-11)12-7-17(5-6-18-12)10-14(2)3-4-15-9-14;/h8,12,15H,3-7,9-10H2,1-2H3;1H. The van der Waals surface area contributed by atoms with Crippen molar-refractivity contribution in [3.63, 3.8) is 0 Å². The molecule has 2 aliphatic heterocycles. The molecule has 0 radical (unpaired) electrons. The molecule has 0 aromatic carbocycles. The lowest BCUT2D eigenvalue weighted by molar-refractivity contribution is -0.0401. The summed E-state index contributed by atoms with van der Waals surface area (Å²) >= 11 is 1.72. The Bertz CT molecular complexity index is 434. The van der Waals surface area contributed by atoms with Crippen molar-refractivity contribution in [1.29, 1.82) is 0 Å². The van der Waals surface area contributed by atoms with Gasteiger partial charge in [0.2, 0.25) is 0 Å². The maximum Gasteiger partial charge on any atom is 0.123 e. The van der Waals surface area contributed by atoms with E-state index in [0.717, 1.165) is 43.5 Å². The molecule has 2 atom stereocenters. The highest BCUT2D eigenvalue weighted by atomic mass is 35.5. The fourth-order valence-corrected chi connectivity index (χ4v) is 3.89. The second-order valence-corrected chi connectivity index (χ2v) is 7.05. The Balaban J connectivity index is 0.00000147. The Morgan fingerprint density at radius 3 is 3.10 bits per heavy atom. The van der Waals surface area contributed by atoms with Crippen molar-refractivity contribution in [3.05, 3.63) is 16.1 Å². The molecule has 0 bridgehead atoms. The molecule has 1 aromatic heterocycles. The molecule has 114 valence electrons. The lowest BCUT2D eigenvalue weighted by Crippen LogP contribution is -2.44. The summed E-state index contributed by atoms with van der Waals surface area (Å²) in [5.74, 6) is 0. The number of thiazole rings is 1. The molecule has 0 amide bonds.